The Morgan fingerprint density at radius 3 is 2.43 bits per heavy atom. The van der Waals surface area contributed by atoms with Gasteiger partial charge in [0.2, 0.25) is 0 Å². The fourth-order valence-electron chi connectivity index (χ4n) is 1.72. The molecule has 8 heteroatoms. The van der Waals surface area contributed by atoms with Gasteiger partial charge in [-0.1, -0.05) is 12.1 Å². The minimum Gasteiger partial charge on any atom is -0.399 e. The van der Waals surface area contributed by atoms with Gasteiger partial charge in [-0.3, -0.25) is 9.52 Å². The summed E-state index contributed by atoms with van der Waals surface area (Å²) in [5.74, 6) is -1.79. The molecule has 110 valence electrons. The summed E-state index contributed by atoms with van der Waals surface area (Å²) in [6, 6.07) is 8.96. The van der Waals surface area contributed by atoms with E-state index in [1.807, 2.05) is 0 Å². The van der Waals surface area contributed by atoms with Crippen LogP contribution in [0.25, 0.3) is 0 Å². The molecule has 0 bridgehead atoms. The average molecular weight is 309 g/mol. The van der Waals surface area contributed by atoms with Crippen LogP contribution in [0.2, 0.25) is 0 Å². The number of nitrogen functional groups attached to an aromatic ring is 1. The van der Waals surface area contributed by atoms with Crippen LogP contribution in [0.3, 0.4) is 0 Å². The van der Waals surface area contributed by atoms with E-state index < -0.39 is 26.6 Å². The number of amides is 1. The summed E-state index contributed by atoms with van der Waals surface area (Å²) in [6.07, 6.45) is 0. The molecule has 6 nitrogen and oxygen atoms in total. The van der Waals surface area contributed by atoms with Gasteiger partial charge in [-0.05, 0) is 30.3 Å². The number of benzene rings is 2. The number of hydrogen-bond donors (Lipinski definition) is 3. The molecular formula is C13H12FN3O3S. The Morgan fingerprint density at radius 2 is 1.81 bits per heavy atom. The molecule has 1 amide bonds. The highest BCUT2D eigenvalue weighted by atomic mass is 32.2. The smallest absolute Gasteiger partial charge is 0.264 e. The molecule has 0 atom stereocenters. The van der Waals surface area contributed by atoms with Crippen molar-refractivity contribution < 1.29 is 17.6 Å². The lowest BCUT2D eigenvalue weighted by Gasteiger charge is -2.11. The minimum atomic E-state index is -4.21. The number of sulfonamides is 1. The SMILES string of the molecule is NC(=O)c1ccccc1NS(=O)(=O)c1ccc(N)cc1F. The van der Waals surface area contributed by atoms with Gasteiger partial charge < -0.3 is 11.5 Å². The third kappa shape index (κ3) is 3.11. The largest absolute Gasteiger partial charge is 0.399 e. The van der Waals surface area contributed by atoms with Crippen molar-refractivity contribution in [3.8, 4) is 0 Å². The van der Waals surface area contributed by atoms with Crippen molar-refractivity contribution in [3.05, 3.63) is 53.8 Å². The molecule has 0 saturated heterocycles. The molecule has 2 aromatic rings. The number of nitrogens with one attached hydrogen (secondary N) is 1. The van der Waals surface area contributed by atoms with Crippen LogP contribution < -0.4 is 16.2 Å². The van der Waals surface area contributed by atoms with Gasteiger partial charge in [0.25, 0.3) is 15.9 Å². The van der Waals surface area contributed by atoms with Crippen LogP contribution in [0.1, 0.15) is 10.4 Å². The summed E-state index contributed by atoms with van der Waals surface area (Å²) in [5, 5.41) is 0. The molecule has 0 spiro atoms. The summed E-state index contributed by atoms with van der Waals surface area (Å²) >= 11 is 0. The van der Waals surface area contributed by atoms with E-state index in [-0.39, 0.29) is 16.9 Å². The second-order valence-corrected chi connectivity index (χ2v) is 5.86. The van der Waals surface area contributed by atoms with E-state index in [0.717, 1.165) is 12.1 Å². The zero-order chi connectivity index (χ0) is 15.6. The number of carbonyl (C=O) groups is 1. The summed E-state index contributed by atoms with van der Waals surface area (Å²) in [5.41, 5.74) is 10.6. The highest BCUT2D eigenvalue weighted by molar-refractivity contribution is 7.92. The highest BCUT2D eigenvalue weighted by Crippen LogP contribution is 2.22. The van der Waals surface area contributed by atoms with Crippen molar-refractivity contribution in [1.82, 2.24) is 0 Å². The molecule has 0 unspecified atom stereocenters. The molecule has 5 N–H and O–H groups in total. The third-order valence-corrected chi connectivity index (χ3v) is 4.08. The Morgan fingerprint density at radius 1 is 1.14 bits per heavy atom. The van der Waals surface area contributed by atoms with Crippen LogP contribution in [0.4, 0.5) is 15.8 Å². The van der Waals surface area contributed by atoms with Crippen LogP contribution >= 0.6 is 0 Å². The van der Waals surface area contributed by atoms with E-state index in [9.17, 15) is 17.6 Å². The van der Waals surface area contributed by atoms with Crippen molar-refractivity contribution in [3.63, 3.8) is 0 Å². The van der Waals surface area contributed by atoms with Gasteiger partial charge in [0.05, 0.1) is 11.3 Å². The average Bonchev–Trinajstić information content (AvgIpc) is 2.37. The van der Waals surface area contributed by atoms with Crippen LogP contribution in [0, 0.1) is 5.82 Å². The number of nitrogens with two attached hydrogens (primary N) is 2. The summed E-state index contributed by atoms with van der Waals surface area (Å²) in [4.78, 5) is 10.7. The predicted molar refractivity (Wildman–Crippen MR) is 76.6 cm³/mol. The molecule has 0 radical (unpaired) electrons. The fraction of sp³-hybridized carbons (Fsp3) is 0. The van der Waals surface area contributed by atoms with E-state index in [4.69, 9.17) is 11.5 Å². The summed E-state index contributed by atoms with van der Waals surface area (Å²) in [6.45, 7) is 0. The van der Waals surface area contributed by atoms with Gasteiger partial charge in [-0.2, -0.15) is 0 Å². The first-order chi connectivity index (χ1) is 9.81. The van der Waals surface area contributed by atoms with E-state index in [1.54, 1.807) is 0 Å². The predicted octanol–water partition coefficient (Wildman–Crippen LogP) is 1.31. The van der Waals surface area contributed by atoms with E-state index >= 15 is 0 Å². The van der Waals surface area contributed by atoms with Crippen molar-refractivity contribution in [2.75, 3.05) is 10.5 Å². The minimum absolute atomic E-state index is 0.0167. The van der Waals surface area contributed by atoms with E-state index in [2.05, 4.69) is 4.72 Å². The Labute approximate surface area is 120 Å². The molecule has 0 aliphatic heterocycles. The van der Waals surface area contributed by atoms with Crippen LogP contribution in [0.15, 0.2) is 47.4 Å². The summed E-state index contributed by atoms with van der Waals surface area (Å²) < 4.78 is 40.2. The van der Waals surface area contributed by atoms with Crippen molar-refractivity contribution >= 4 is 27.3 Å². The van der Waals surface area contributed by atoms with Gasteiger partial charge >= 0.3 is 0 Å². The molecule has 0 aliphatic rings. The number of halogens is 1. The molecule has 0 aliphatic carbocycles. The number of carbonyl (C=O) groups excluding carboxylic acids is 1. The number of anilines is 2. The molecule has 0 aromatic heterocycles. The molecule has 0 fully saturated rings. The lowest BCUT2D eigenvalue weighted by molar-refractivity contribution is 0.100. The number of para-hydroxylation sites is 1. The Balaban J connectivity index is 2.45. The molecule has 0 saturated carbocycles. The quantitative estimate of drug-likeness (QED) is 0.738. The molecule has 21 heavy (non-hydrogen) atoms. The lowest BCUT2D eigenvalue weighted by Crippen LogP contribution is -2.19. The topological polar surface area (TPSA) is 115 Å². The van der Waals surface area contributed by atoms with Crippen LogP contribution in [0.5, 0.6) is 0 Å². The normalized spacial score (nSPS) is 11.1. The maximum absolute atomic E-state index is 13.7. The lowest BCUT2D eigenvalue weighted by atomic mass is 10.2. The fourth-order valence-corrected chi connectivity index (χ4v) is 2.86. The van der Waals surface area contributed by atoms with Gasteiger partial charge in [0, 0.05) is 5.69 Å². The molecule has 2 aromatic carbocycles. The van der Waals surface area contributed by atoms with E-state index in [0.29, 0.717) is 0 Å². The number of primary amides is 1. The van der Waals surface area contributed by atoms with Gasteiger partial charge in [0.1, 0.15) is 10.7 Å². The second kappa shape index (κ2) is 5.41. The monoisotopic (exact) mass is 309 g/mol. The molecule has 0 heterocycles. The van der Waals surface area contributed by atoms with Crippen molar-refractivity contribution in [1.29, 1.82) is 0 Å². The zero-order valence-electron chi connectivity index (χ0n) is 10.7. The maximum atomic E-state index is 13.7. The maximum Gasteiger partial charge on any atom is 0.264 e. The van der Waals surface area contributed by atoms with E-state index in [1.165, 1.54) is 30.3 Å². The van der Waals surface area contributed by atoms with Crippen LogP contribution in [-0.4, -0.2) is 14.3 Å². The molecule has 2 rings (SSSR count). The Kier molecular flexibility index (Phi) is 3.81. The summed E-state index contributed by atoms with van der Waals surface area (Å²) in [7, 11) is -4.21. The first-order valence-electron chi connectivity index (χ1n) is 5.78. The first kappa shape index (κ1) is 14.8. The van der Waals surface area contributed by atoms with Gasteiger partial charge in [-0.25, -0.2) is 12.8 Å². The van der Waals surface area contributed by atoms with Crippen LogP contribution in [-0.2, 0) is 10.0 Å². The second-order valence-electron chi connectivity index (χ2n) is 4.21. The molecular weight excluding hydrogens is 297 g/mol. The van der Waals surface area contributed by atoms with Gasteiger partial charge in [0.15, 0.2) is 0 Å². The highest BCUT2D eigenvalue weighted by Gasteiger charge is 2.21. The number of rotatable bonds is 4. The standard InChI is InChI=1S/C13H12FN3O3S/c14-10-7-8(15)5-6-12(10)21(19,20)17-11-4-2-1-3-9(11)13(16)18/h1-7,17H,15H2,(H2,16,18). The zero-order valence-corrected chi connectivity index (χ0v) is 11.5. The number of hydrogen-bond acceptors (Lipinski definition) is 4. The Hall–Kier alpha value is -2.61. The van der Waals surface area contributed by atoms with Crippen molar-refractivity contribution in [2.45, 2.75) is 4.90 Å². The van der Waals surface area contributed by atoms with Crippen molar-refractivity contribution in [2.24, 2.45) is 5.73 Å². The van der Waals surface area contributed by atoms with Gasteiger partial charge in [-0.15, -0.1) is 0 Å². The first-order valence-corrected chi connectivity index (χ1v) is 7.26. The third-order valence-electron chi connectivity index (χ3n) is 2.68. The Bertz CT molecular complexity index is 806.